The zero-order chi connectivity index (χ0) is 23.4. The second-order valence-corrected chi connectivity index (χ2v) is 10.9. The highest BCUT2D eigenvalue weighted by Crippen LogP contribution is 2.67. The molecule has 0 N–H and O–H groups in total. The summed E-state index contributed by atoms with van der Waals surface area (Å²) in [6.07, 6.45) is 4.67. The molecule has 0 aromatic carbocycles. The predicted octanol–water partition coefficient (Wildman–Crippen LogP) is 3.47. The third kappa shape index (κ3) is 3.38. The summed E-state index contributed by atoms with van der Waals surface area (Å²) in [6, 6.07) is 0. The number of esters is 3. The van der Waals surface area contributed by atoms with Gasteiger partial charge in [-0.05, 0) is 68.1 Å². The summed E-state index contributed by atoms with van der Waals surface area (Å²) in [7, 11) is 1.38. The van der Waals surface area contributed by atoms with Gasteiger partial charge in [-0.15, -0.1) is 0 Å². The topological polar surface area (TPSA) is 96.0 Å². The highest BCUT2D eigenvalue weighted by Gasteiger charge is 2.69. The summed E-state index contributed by atoms with van der Waals surface area (Å²) >= 11 is 0. The van der Waals surface area contributed by atoms with Gasteiger partial charge in [-0.25, -0.2) is 0 Å². The van der Waals surface area contributed by atoms with E-state index >= 15 is 0 Å². The summed E-state index contributed by atoms with van der Waals surface area (Å²) < 4.78 is 16.3. The summed E-state index contributed by atoms with van der Waals surface area (Å²) in [5.41, 5.74) is -0.963. The van der Waals surface area contributed by atoms with Crippen molar-refractivity contribution in [2.24, 2.45) is 40.4 Å². The average Bonchev–Trinajstić information content (AvgIpc) is 3.07. The molecule has 4 aliphatic carbocycles. The van der Waals surface area contributed by atoms with Gasteiger partial charge in [0.15, 0.2) is 11.9 Å². The molecule has 0 radical (unpaired) electrons. The first-order valence-corrected chi connectivity index (χ1v) is 12.0. The first kappa shape index (κ1) is 23.2. The Kier molecular flexibility index (Phi) is 5.91. The number of hydrogen-bond donors (Lipinski definition) is 0. The van der Waals surface area contributed by atoms with E-state index in [9.17, 15) is 19.2 Å². The Morgan fingerprint density at radius 1 is 0.938 bits per heavy atom. The number of Topliss-reactive ketones (excluding diaryl/α,β-unsaturated/α-hetero) is 1. The van der Waals surface area contributed by atoms with Crippen molar-refractivity contribution in [1.82, 2.24) is 0 Å². The normalized spacial score (nSPS) is 45.2. The van der Waals surface area contributed by atoms with Crippen LogP contribution in [0.4, 0.5) is 0 Å². The number of rotatable bonds is 3. The van der Waals surface area contributed by atoms with E-state index in [-0.39, 0.29) is 52.9 Å². The monoisotopic (exact) mass is 448 g/mol. The second kappa shape index (κ2) is 8.14. The van der Waals surface area contributed by atoms with Crippen LogP contribution in [0, 0.1) is 40.4 Å². The van der Waals surface area contributed by atoms with Gasteiger partial charge in [0.2, 0.25) is 0 Å². The molecule has 4 aliphatic rings. The van der Waals surface area contributed by atoms with Crippen molar-refractivity contribution in [2.75, 3.05) is 7.11 Å². The smallest absolute Gasteiger partial charge is 0.309 e. The minimum atomic E-state index is -0.931. The van der Waals surface area contributed by atoms with Gasteiger partial charge in [-0.2, -0.15) is 0 Å². The largest absolute Gasteiger partial charge is 0.469 e. The summed E-state index contributed by atoms with van der Waals surface area (Å²) in [4.78, 5) is 50.3. The molecule has 0 bridgehead atoms. The molecule has 32 heavy (non-hydrogen) atoms. The van der Waals surface area contributed by atoms with Gasteiger partial charge in [0.05, 0.1) is 13.0 Å². The van der Waals surface area contributed by atoms with E-state index in [4.69, 9.17) is 14.2 Å². The maximum atomic E-state index is 14.1. The Bertz CT molecular complexity index is 821. The zero-order valence-corrected chi connectivity index (χ0v) is 19.8. The molecule has 9 atom stereocenters. The van der Waals surface area contributed by atoms with Crippen LogP contribution in [0.1, 0.15) is 72.6 Å². The Hall–Kier alpha value is -1.92. The number of ether oxygens (including phenoxy) is 3. The molecule has 0 aliphatic heterocycles. The lowest BCUT2D eigenvalue weighted by atomic mass is 9.43. The highest BCUT2D eigenvalue weighted by atomic mass is 16.6. The van der Waals surface area contributed by atoms with E-state index in [2.05, 4.69) is 6.92 Å². The van der Waals surface area contributed by atoms with Crippen LogP contribution in [0.2, 0.25) is 0 Å². The zero-order valence-electron chi connectivity index (χ0n) is 19.8. The second-order valence-electron chi connectivity index (χ2n) is 10.9. The molecule has 7 heteroatoms. The summed E-state index contributed by atoms with van der Waals surface area (Å²) in [5.74, 6) is -1.18. The fourth-order valence-corrected chi connectivity index (χ4v) is 8.21. The molecule has 0 aromatic rings. The van der Waals surface area contributed by atoms with Crippen LogP contribution in [-0.4, -0.2) is 43.0 Å². The fourth-order valence-electron chi connectivity index (χ4n) is 8.21. The maximum absolute atomic E-state index is 14.1. The van der Waals surface area contributed by atoms with Crippen LogP contribution >= 0.6 is 0 Å². The SMILES string of the molecule is COC(=O)[C@H]1CC[C@H]2[C@@H]3CC[C@@H]4C[C@@H](OC(C)=O)CC[C@]4(C)[C@H]3C(=O)[C@H](OC(C)=O)[C@]12C. The molecular formula is C25H36O7. The van der Waals surface area contributed by atoms with Crippen LogP contribution < -0.4 is 0 Å². The van der Waals surface area contributed by atoms with Crippen LogP contribution in [0.25, 0.3) is 0 Å². The molecule has 0 heterocycles. The van der Waals surface area contributed by atoms with Crippen molar-refractivity contribution in [2.45, 2.75) is 84.8 Å². The van der Waals surface area contributed by atoms with Gasteiger partial charge >= 0.3 is 17.9 Å². The van der Waals surface area contributed by atoms with Crippen LogP contribution in [0.5, 0.6) is 0 Å². The lowest BCUT2D eigenvalue weighted by Gasteiger charge is -2.61. The molecule has 7 nitrogen and oxygen atoms in total. The number of fused-ring (bicyclic) bond motifs is 5. The number of methoxy groups -OCH3 is 1. The van der Waals surface area contributed by atoms with Gasteiger partial charge in [0, 0.05) is 25.2 Å². The Balaban J connectivity index is 1.70. The van der Waals surface area contributed by atoms with Gasteiger partial charge in [0.25, 0.3) is 0 Å². The Morgan fingerprint density at radius 2 is 1.62 bits per heavy atom. The van der Waals surface area contributed by atoms with E-state index in [1.54, 1.807) is 0 Å². The lowest BCUT2D eigenvalue weighted by Crippen LogP contribution is -2.64. The van der Waals surface area contributed by atoms with Gasteiger partial charge in [-0.1, -0.05) is 13.8 Å². The summed E-state index contributed by atoms with van der Waals surface area (Å²) in [6.45, 7) is 6.93. The van der Waals surface area contributed by atoms with E-state index in [1.165, 1.54) is 21.0 Å². The summed E-state index contributed by atoms with van der Waals surface area (Å²) in [5, 5.41) is 0. The van der Waals surface area contributed by atoms with E-state index < -0.39 is 23.4 Å². The van der Waals surface area contributed by atoms with E-state index in [0.717, 1.165) is 38.5 Å². The number of carbonyl (C=O) groups excluding carboxylic acids is 4. The third-order valence-corrected chi connectivity index (χ3v) is 9.54. The Labute approximate surface area is 189 Å². The van der Waals surface area contributed by atoms with E-state index in [0.29, 0.717) is 6.42 Å². The Morgan fingerprint density at radius 3 is 2.25 bits per heavy atom. The highest BCUT2D eigenvalue weighted by molar-refractivity contribution is 5.91. The van der Waals surface area contributed by atoms with Crippen LogP contribution in [0.15, 0.2) is 0 Å². The molecule has 178 valence electrons. The number of ketones is 1. The molecule has 4 fully saturated rings. The number of hydrogen-bond acceptors (Lipinski definition) is 7. The molecule has 0 unspecified atom stereocenters. The maximum Gasteiger partial charge on any atom is 0.309 e. The van der Waals surface area contributed by atoms with Crippen LogP contribution in [-0.2, 0) is 33.4 Å². The quantitative estimate of drug-likeness (QED) is 0.482. The van der Waals surface area contributed by atoms with Crippen molar-refractivity contribution in [1.29, 1.82) is 0 Å². The van der Waals surface area contributed by atoms with E-state index in [1.807, 2.05) is 6.92 Å². The fraction of sp³-hybridized carbons (Fsp3) is 0.840. The minimum Gasteiger partial charge on any atom is -0.469 e. The number of carbonyl (C=O) groups is 4. The lowest BCUT2D eigenvalue weighted by molar-refractivity contribution is -0.200. The molecular weight excluding hydrogens is 412 g/mol. The predicted molar refractivity (Wildman–Crippen MR) is 114 cm³/mol. The van der Waals surface area contributed by atoms with Crippen molar-refractivity contribution in [3.63, 3.8) is 0 Å². The average molecular weight is 449 g/mol. The first-order valence-electron chi connectivity index (χ1n) is 12.0. The van der Waals surface area contributed by atoms with Crippen molar-refractivity contribution < 1.29 is 33.4 Å². The molecule has 4 saturated carbocycles. The van der Waals surface area contributed by atoms with Crippen molar-refractivity contribution >= 4 is 23.7 Å². The van der Waals surface area contributed by atoms with Gasteiger partial charge < -0.3 is 14.2 Å². The molecule has 0 amide bonds. The molecule has 0 spiro atoms. The van der Waals surface area contributed by atoms with Crippen LogP contribution in [0.3, 0.4) is 0 Å². The first-order chi connectivity index (χ1) is 15.0. The van der Waals surface area contributed by atoms with Crippen molar-refractivity contribution in [3.8, 4) is 0 Å². The van der Waals surface area contributed by atoms with Gasteiger partial charge in [-0.3, -0.25) is 19.2 Å². The van der Waals surface area contributed by atoms with Gasteiger partial charge in [0.1, 0.15) is 6.10 Å². The molecule has 4 rings (SSSR count). The third-order valence-electron chi connectivity index (χ3n) is 9.54. The molecule has 0 aromatic heterocycles. The minimum absolute atomic E-state index is 0.0297. The molecule has 0 saturated heterocycles. The standard InChI is InChI=1S/C25H36O7/c1-13(26)31-16-10-11-24(3)15(12-16)6-7-17-18-8-9-19(23(29)30-5)25(18,4)22(32-14(2)27)21(28)20(17)24/h15-20,22H,6-12H2,1-5H3/t15-,16+,17+,18+,19-,20-,22+,24+,25+/m1/s1. The van der Waals surface area contributed by atoms with Crippen molar-refractivity contribution in [3.05, 3.63) is 0 Å².